The first kappa shape index (κ1) is 15.9. The molecule has 0 aliphatic carbocycles. The van der Waals surface area contributed by atoms with Crippen molar-refractivity contribution in [2.45, 2.75) is 18.9 Å². The summed E-state index contributed by atoms with van der Waals surface area (Å²) < 4.78 is 19.4. The van der Waals surface area contributed by atoms with E-state index in [1.807, 2.05) is 0 Å². The van der Waals surface area contributed by atoms with E-state index in [1.54, 1.807) is 12.1 Å². The Morgan fingerprint density at radius 2 is 2.24 bits per heavy atom. The summed E-state index contributed by atoms with van der Waals surface area (Å²) in [4.78, 5) is 24.4. The number of nitrogens with zero attached hydrogens (tertiary/aromatic N) is 1. The maximum atomic E-state index is 13.7. The number of hydrogen-bond acceptors (Lipinski definition) is 3. The van der Waals surface area contributed by atoms with Crippen LogP contribution in [-0.2, 0) is 20.7 Å². The Morgan fingerprint density at radius 3 is 2.90 bits per heavy atom. The van der Waals surface area contributed by atoms with Crippen molar-refractivity contribution in [3.63, 3.8) is 0 Å². The number of ether oxygens (including phenoxy) is 1. The van der Waals surface area contributed by atoms with Crippen LogP contribution in [0.4, 0.5) is 4.39 Å². The van der Waals surface area contributed by atoms with Gasteiger partial charge in [-0.15, -0.1) is 0 Å². The second-order valence-corrected chi connectivity index (χ2v) is 5.69. The van der Waals surface area contributed by atoms with Crippen LogP contribution in [0.25, 0.3) is 0 Å². The van der Waals surface area contributed by atoms with E-state index < -0.39 is 12.1 Å². The first-order valence-electron chi connectivity index (χ1n) is 6.53. The molecule has 1 amide bonds. The number of carbonyl (C=O) groups excluding carboxylic acids is 1. The molecule has 1 saturated heterocycles. The number of rotatable bonds is 4. The molecule has 114 valence electrons. The molecule has 0 saturated carbocycles. The van der Waals surface area contributed by atoms with Gasteiger partial charge in [-0.1, -0.05) is 22.0 Å². The fourth-order valence-corrected chi connectivity index (χ4v) is 2.48. The monoisotopic (exact) mass is 359 g/mol. The number of carboxylic acids is 1. The van der Waals surface area contributed by atoms with Crippen molar-refractivity contribution in [2.75, 3.05) is 19.7 Å². The Balaban J connectivity index is 1.90. The second-order valence-electron chi connectivity index (χ2n) is 4.77. The van der Waals surface area contributed by atoms with Crippen LogP contribution in [0.5, 0.6) is 0 Å². The van der Waals surface area contributed by atoms with E-state index in [1.165, 1.54) is 11.0 Å². The number of benzene rings is 1. The number of hydrogen-bond donors (Lipinski definition) is 1. The first-order chi connectivity index (χ1) is 9.97. The lowest BCUT2D eigenvalue weighted by atomic mass is 10.1. The lowest BCUT2D eigenvalue weighted by molar-refractivity contribution is -0.159. The smallest absolute Gasteiger partial charge is 0.334 e. The highest BCUT2D eigenvalue weighted by atomic mass is 79.9. The molecule has 0 spiro atoms. The van der Waals surface area contributed by atoms with Crippen LogP contribution >= 0.6 is 15.9 Å². The Hall–Kier alpha value is -1.47. The predicted octanol–water partition coefficient (Wildman–Crippen LogP) is 1.83. The van der Waals surface area contributed by atoms with Crippen LogP contribution in [0.3, 0.4) is 0 Å². The third-order valence-electron chi connectivity index (χ3n) is 3.32. The standard InChI is InChI=1S/C14H15BrFNO4/c15-10-3-1-9(11(16)7-10)2-4-13(18)17-5-6-21-12(8-17)14(19)20/h1,3,7,12H,2,4-6,8H2,(H,19,20)/t12-/m1/s1. The zero-order valence-electron chi connectivity index (χ0n) is 11.2. The average Bonchev–Trinajstić information content (AvgIpc) is 2.46. The van der Waals surface area contributed by atoms with Crippen LogP contribution < -0.4 is 0 Å². The number of morpholine rings is 1. The van der Waals surface area contributed by atoms with Gasteiger partial charge in [0.2, 0.25) is 5.91 Å². The predicted molar refractivity (Wildman–Crippen MR) is 76.4 cm³/mol. The molecule has 1 aliphatic rings. The van der Waals surface area contributed by atoms with Gasteiger partial charge >= 0.3 is 5.97 Å². The third kappa shape index (κ3) is 4.25. The summed E-state index contributed by atoms with van der Waals surface area (Å²) in [7, 11) is 0. The molecule has 21 heavy (non-hydrogen) atoms. The van der Waals surface area contributed by atoms with Gasteiger partial charge < -0.3 is 14.7 Å². The van der Waals surface area contributed by atoms with Crippen molar-refractivity contribution >= 4 is 27.8 Å². The van der Waals surface area contributed by atoms with Gasteiger partial charge in [-0.3, -0.25) is 4.79 Å². The van der Waals surface area contributed by atoms with Gasteiger partial charge in [-0.05, 0) is 24.1 Å². The quantitative estimate of drug-likeness (QED) is 0.890. The first-order valence-corrected chi connectivity index (χ1v) is 7.33. The minimum absolute atomic E-state index is 0.0387. The number of amides is 1. The topological polar surface area (TPSA) is 66.8 Å². The summed E-state index contributed by atoms with van der Waals surface area (Å²) in [5, 5.41) is 8.89. The molecule has 1 aliphatic heterocycles. The summed E-state index contributed by atoms with van der Waals surface area (Å²) in [6.07, 6.45) is -0.551. The molecule has 0 unspecified atom stereocenters. The highest BCUT2D eigenvalue weighted by Crippen LogP contribution is 2.17. The number of carboxylic acid groups (broad SMARTS) is 1. The Bertz CT molecular complexity index is 552. The van der Waals surface area contributed by atoms with Crippen molar-refractivity contribution in [1.29, 1.82) is 0 Å². The van der Waals surface area contributed by atoms with E-state index >= 15 is 0 Å². The van der Waals surface area contributed by atoms with E-state index in [-0.39, 0.29) is 37.7 Å². The van der Waals surface area contributed by atoms with E-state index in [9.17, 15) is 14.0 Å². The van der Waals surface area contributed by atoms with E-state index in [0.717, 1.165) is 0 Å². The number of aliphatic carboxylic acids is 1. The average molecular weight is 360 g/mol. The summed E-state index contributed by atoms with van der Waals surface area (Å²) >= 11 is 3.17. The zero-order valence-corrected chi connectivity index (χ0v) is 12.8. The van der Waals surface area contributed by atoms with Crippen LogP contribution in [0.1, 0.15) is 12.0 Å². The van der Waals surface area contributed by atoms with Crippen molar-refractivity contribution in [3.05, 3.63) is 34.1 Å². The molecular formula is C14H15BrFNO4. The highest BCUT2D eigenvalue weighted by Gasteiger charge is 2.28. The molecule has 1 aromatic carbocycles. The maximum absolute atomic E-state index is 13.7. The molecule has 0 aromatic heterocycles. The lowest BCUT2D eigenvalue weighted by Gasteiger charge is -2.31. The summed E-state index contributed by atoms with van der Waals surface area (Å²) in [5.41, 5.74) is 0.467. The molecule has 2 rings (SSSR count). The lowest BCUT2D eigenvalue weighted by Crippen LogP contribution is -2.48. The minimum atomic E-state index is -1.08. The van der Waals surface area contributed by atoms with Crippen LogP contribution in [-0.4, -0.2) is 47.7 Å². The van der Waals surface area contributed by atoms with Crippen molar-refractivity contribution < 1.29 is 23.8 Å². The fourth-order valence-electron chi connectivity index (χ4n) is 2.15. The van der Waals surface area contributed by atoms with Crippen molar-refractivity contribution in [1.82, 2.24) is 4.90 Å². The molecule has 1 fully saturated rings. The van der Waals surface area contributed by atoms with Gasteiger partial charge in [0.15, 0.2) is 6.10 Å². The van der Waals surface area contributed by atoms with Crippen molar-refractivity contribution in [2.24, 2.45) is 0 Å². The number of aryl methyl sites for hydroxylation is 1. The summed E-state index contributed by atoms with van der Waals surface area (Å²) in [6.45, 7) is 0.609. The van der Waals surface area contributed by atoms with E-state index in [0.29, 0.717) is 16.6 Å². The van der Waals surface area contributed by atoms with Gasteiger partial charge in [0.1, 0.15) is 5.82 Å². The van der Waals surface area contributed by atoms with Gasteiger partial charge in [0.05, 0.1) is 13.2 Å². The fraction of sp³-hybridized carbons (Fsp3) is 0.429. The molecule has 0 bridgehead atoms. The summed E-state index contributed by atoms with van der Waals surface area (Å²) in [5.74, 6) is -1.62. The highest BCUT2D eigenvalue weighted by molar-refractivity contribution is 9.10. The molecule has 1 N–H and O–H groups in total. The van der Waals surface area contributed by atoms with Crippen LogP contribution in [0.2, 0.25) is 0 Å². The van der Waals surface area contributed by atoms with Crippen molar-refractivity contribution in [3.8, 4) is 0 Å². The van der Waals surface area contributed by atoms with Gasteiger partial charge in [-0.25, -0.2) is 9.18 Å². The van der Waals surface area contributed by atoms with Crippen LogP contribution in [0, 0.1) is 5.82 Å². The molecule has 1 atom stereocenters. The van der Waals surface area contributed by atoms with E-state index in [2.05, 4.69) is 15.9 Å². The second kappa shape index (κ2) is 7.00. The normalized spacial score (nSPS) is 18.6. The molecule has 0 radical (unpaired) electrons. The SMILES string of the molecule is O=C(O)[C@H]1CN(C(=O)CCc2ccc(Br)cc2F)CCO1. The largest absolute Gasteiger partial charge is 0.479 e. The van der Waals surface area contributed by atoms with Gasteiger partial charge in [-0.2, -0.15) is 0 Å². The van der Waals surface area contributed by atoms with Gasteiger partial charge in [0.25, 0.3) is 0 Å². The number of carbonyl (C=O) groups is 2. The van der Waals surface area contributed by atoms with Gasteiger partial charge in [0, 0.05) is 17.4 Å². The Kier molecular flexibility index (Phi) is 5.30. The molecule has 1 heterocycles. The number of halogens is 2. The van der Waals surface area contributed by atoms with Crippen LogP contribution in [0.15, 0.2) is 22.7 Å². The Labute approximate surface area is 129 Å². The zero-order chi connectivity index (χ0) is 15.4. The molecule has 1 aromatic rings. The maximum Gasteiger partial charge on any atom is 0.334 e. The summed E-state index contributed by atoms with van der Waals surface area (Å²) in [6, 6.07) is 4.71. The molecule has 5 nitrogen and oxygen atoms in total. The van der Waals surface area contributed by atoms with E-state index in [4.69, 9.17) is 9.84 Å². The minimum Gasteiger partial charge on any atom is -0.479 e. The Morgan fingerprint density at radius 1 is 1.48 bits per heavy atom. The molecule has 7 heteroatoms. The molecular weight excluding hydrogens is 345 g/mol. The third-order valence-corrected chi connectivity index (χ3v) is 3.81.